The molecule has 12 heteroatoms. The zero-order chi connectivity index (χ0) is 23.1. The lowest BCUT2D eigenvalue weighted by Gasteiger charge is -2.19. The van der Waals surface area contributed by atoms with Crippen molar-refractivity contribution in [3.05, 3.63) is 63.3 Å². The summed E-state index contributed by atoms with van der Waals surface area (Å²) in [4.78, 5) is 33.0. The quantitative estimate of drug-likeness (QED) is 0.601. The number of halogens is 3. The lowest BCUT2D eigenvalue weighted by Crippen LogP contribution is -2.21. The van der Waals surface area contributed by atoms with Crippen LogP contribution in [0.15, 0.2) is 40.0 Å². The van der Waals surface area contributed by atoms with Crippen LogP contribution in [0.1, 0.15) is 39.6 Å². The summed E-state index contributed by atoms with van der Waals surface area (Å²) < 4.78 is 71.6. The third kappa shape index (κ3) is 4.15. The Bertz CT molecular complexity index is 1330. The van der Waals surface area contributed by atoms with E-state index < -0.39 is 49.7 Å². The van der Waals surface area contributed by atoms with Crippen LogP contribution >= 0.6 is 0 Å². The maximum Gasteiger partial charge on any atom is 0.433 e. The molecule has 0 saturated carbocycles. The van der Waals surface area contributed by atoms with E-state index in [9.17, 15) is 31.2 Å². The monoisotopic (exact) mass is 455 g/mol. The Hall–Kier alpha value is -3.28. The molecule has 0 fully saturated rings. The number of carbonyl (C=O) groups is 1. The molecule has 8 nitrogen and oxygen atoms in total. The molecule has 3 aromatic rings. The number of benzene rings is 1. The van der Waals surface area contributed by atoms with Gasteiger partial charge in [-0.05, 0) is 44.2 Å². The lowest BCUT2D eigenvalue weighted by atomic mass is 10.1. The molecule has 1 N–H and O–H groups in total. The van der Waals surface area contributed by atoms with Gasteiger partial charge in [0.1, 0.15) is 5.82 Å². The maximum atomic E-state index is 13.7. The van der Waals surface area contributed by atoms with Crippen molar-refractivity contribution in [3.63, 3.8) is 0 Å². The van der Waals surface area contributed by atoms with Crippen molar-refractivity contribution in [1.82, 2.24) is 15.0 Å². The number of H-pyrrole nitrogens is 1. The second kappa shape index (κ2) is 7.76. The van der Waals surface area contributed by atoms with Crippen LogP contribution in [0, 0.1) is 6.92 Å². The molecule has 164 valence electrons. The van der Waals surface area contributed by atoms with Gasteiger partial charge < -0.3 is 9.72 Å². The number of alkyl halides is 3. The summed E-state index contributed by atoms with van der Waals surface area (Å²) in [5, 5.41) is -1.97. The molecule has 0 aliphatic heterocycles. The number of aromatic nitrogens is 3. The van der Waals surface area contributed by atoms with E-state index in [-0.39, 0.29) is 21.7 Å². The van der Waals surface area contributed by atoms with Crippen LogP contribution in [-0.4, -0.2) is 36.4 Å². The Morgan fingerprint density at radius 3 is 2.32 bits per heavy atom. The van der Waals surface area contributed by atoms with Gasteiger partial charge in [0.25, 0.3) is 5.56 Å². The van der Waals surface area contributed by atoms with Crippen LogP contribution < -0.4 is 5.56 Å². The summed E-state index contributed by atoms with van der Waals surface area (Å²) in [6.45, 7) is 2.45. The summed E-state index contributed by atoms with van der Waals surface area (Å²) in [6.07, 6.45) is -4.99. The number of nitrogens with zero attached hydrogens (tertiary/aromatic N) is 2. The van der Waals surface area contributed by atoms with Gasteiger partial charge in [-0.25, -0.2) is 23.2 Å². The Kier molecular flexibility index (Phi) is 5.61. The van der Waals surface area contributed by atoms with E-state index >= 15 is 0 Å². The third-order valence-corrected chi connectivity index (χ3v) is 6.73. The Balaban J connectivity index is 2.19. The Labute approximate surface area is 174 Å². The number of methoxy groups -OCH3 is 1. The molecule has 2 heterocycles. The first-order valence-corrected chi connectivity index (χ1v) is 10.3. The maximum absolute atomic E-state index is 13.7. The summed E-state index contributed by atoms with van der Waals surface area (Å²) in [5.74, 6) is -0.630. The van der Waals surface area contributed by atoms with Crippen LogP contribution in [0.5, 0.6) is 0 Å². The molecule has 1 aromatic carbocycles. The number of carbonyl (C=O) groups excluding carboxylic acids is 1. The second-order valence-corrected chi connectivity index (χ2v) is 8.92. The Morgan fingerprint density at radius 1 is 1.16 bits per heavy atom. The molecule has 0 radical (unpaired) electrons. The molecule has 0 bridgehead atoms. The zero-order valence-corrected chi connectivity index (χ0v) is 17.3. The smallest absolute Gasteiger partial charge is 0.433 e. The predicted molar refractivity (Wildman–Crippen MR) is 103 cm³/mol. The highest BCUT2D eigenvalue weighted by atomic mass is 32.2. The number of ether oxygens (including phenoxy) is 1. The molecule has 1 atom stereocenters. The first-order valence-electron chi connectivity index (χ1n) is 8.77. The predicted octanol–water partition coefficient (Wildman–Crippen LogP) is 2.97. The number of rotatable bonds is 4. The van der Waals surface area contributed by atoms with E-state index in [1.54, 1.807) is 0 Å². The largest absolute Gasteiger partial charge is 0.465 e. The minimum atomic E-state index is -4.99. The average Bonchev–Trinajstić information content (AvgIpc) is 2.71. The number of hydrogen-bond donors (Lipinski definition) is 1. The van der Waals surface area contributed by atoms with Crippen LogP contribution in [0.4, 0.5) is 13.2 Å². The van der Waals surface area contributed by atoms with Crippen LogP contribution in [0.2, 0.25) is 0 Å². The van der Waals surface area contributed by atoms with Gasteiger partial charge in [0, 0.05) is 5.56 Å². The van der Waals surface area contributed by atoms with E-state index in [0.717, 1.165) is 32.2 Å². The number of aromatic amines is 1. The highest BCUT2D eigenvalue weighted by Gasteiger charge is 2.40. The minimum Gasteiger partial charge on any atom is -0.465 e. The number of aryl methyl sites for hydroxylation is 1. The molecule has 0 amide bonds. The van der Waals surface area contributed by atoms with Crippen molar-refractivity contribution >= 4 is 26.8 Å². The normalized spacial score (nSPS) is 13.2. The fourth-order valence-corrected chi connectivity index (χ4v) is 4.43. The van der Waals surface area contributed by atoms with E-state index in [4.69, 9.17) is 0 Å². The fraction of sp³-hybridized carbons (Fsp3) is 0.263. The van der Waals surface area contributed by atoms with Gasteiger partial charge in [-0.1, -0.05) is 0 Å². The van der Waals surface area contributed by atoms with E-state index in [1.165, 1.54) is 19.1 Å². The van der Waals surface area contributed by atoms with E-state index in [1.807, 2.05) is 0 Å². The van der Waals surface area contributed by atoms with E-state index in [2.05, 4.69) is 19.7 Å². The van der Waals surface area contributed by atoms with Crippen molar-refractivity contribution in [2.45, 2.75) is 30.2 Å². The van der Waals surface area contributed by atoms with Crippen LogP contribution in [0.25, 0.3) is 11.0 Å². The highest BCUT2D eigenvalue weighted by Crippen LogP contribution is 2.38. The molecule has 31 heavy (non-hydrogen) atoms. The number of pyridine rings is 1. The van der Waals surface area contributed by atoms with Gasteiger partial charge in [-0.15, -0.1) is 0 Å². The number of esters is 1. The third-order valence-electron chi connectivity index (χ3n) is 4.62. The molecule has 0 aliphatic carbocycles. The zero-order valence-electron chi connectivity index (χ0n) is 16.4. The SMILES string of the molecule is COC(=O)c1ccc(S(=O)(=O)[C@@H](C)c2cc3c(=O)[nH]c(C)nc3nc2C(F)(F)F)cc1. The topological polar surface area (TPSA) is 119 Å². The lowest BCUT2D eigenvalue weighted by molar-refractivity contribution is -0.141. The number of sulfone groups is 1. The highest BCUT2D eigenvalue weighted by molar-refractivity contribution is 7.91. The van der Waals surface area contributed by atoms with Gasteiger partial charge in [0.05, 0.1) is 28.2 Å². The Morgan fingerprint density at radius 2 is 1.77 bits per heavy atom. The van der Waals surface area contributed by atoms with Gasteiger partial charge in [-0.3, -0.25) is 4.79 Å². The van der Waals surface area contributed by atoms with Crippen molar-refractivity contribution in [2.24, 2.45) is 0 Å². The molecular weight excluding hydrogens is 439 g/mol. The molecular formula is C19H16F3N3O5S. The second-order valence-electron chi connectivity index (χ2n) is 6.65. The van der Waals surface area contributed by atoms with Gasteiger partial charge in [-0.2, -0.15) is 13.2 Å². The van der Waals surface area contributed by atoms with Gasteiger partial charge in [0.2, 0.25) is 0 Å². The average molecular weight is 455 g/mol. The number of nitrogens with one attached hydrogen (secondary N) is 1. The van der Waals surface area contributed by atoms with Gasteiger partial charge >= 0.3 is 12.1 Å². The molecule has 3 rings (SSSR count). The minimum absolute atomic E-state index is 0.0669. The first-order chi connectivity index (χ1) is 14.4. The molecule has 0 spiro atoms. The fourth-order valence-electron chi connectivity index (χ4n) is 3.00. The number of fused-ring (bicyclic) bond motifs is 1. The summed E-state index contributed by atoms with van der Waals surface area (Å²) in [6, 6.07) is 5.41. The van der Waals surface area contributed by atoms with Gasteiger partial charge in [0.15, 0.2) is 21.2 Å². The van der Waals surface area contributed by atoms with E-state index in [0.29, 0.717) is 0 Å². The first kappa shape index (κ1) is 22.4. The van der Waals surface area contributed by atoms with Crippen LogP contribution in [-0.2, 0) is 20.8 Å². The van der Waals surface area contributed by atoms with Crippen molar-refractivity contribution in [3.8, 4) is 0 Å². The van der Waals surface area contributed by atoms with Crippen LogP contribution in [0.3, 0.4) is 0 Å². The number of hydrogen-bond acceptors (Lipinski definition) is 7. The summed E-state index contributed by atoms with van der Waals surface area (Å²) in [7, 11) is -3.19. The van der Waals surface area contributed by atoms with Crippen molar-refractivity contribution < 1.29 is 31.1 Å². The molecule has 0 aliphatic rings. The summed E-state index contributed by atoms with van der Waals surface area (Å²) >= 11 is 0. The molecule has 0 unspecified atom stereocenters. The molecule has 2 aromatic heterocycles. The van der Waals surface area contributed by atoms with Crippen molar-refractivity contribution in [1.29, 1.82) is 0 Å². The van der Waals surface area contributed by atoms with Crippen molar-refractivity contribution in [2.75, 3.05) is 7.11 Å². The molecule has 0 saturated heterocycles. The summed E-state index contributed by atoms with van der Waals surface area (Å²) in [5.41, 5.74) is -3.24. The standard InChI is InChI=1S/C19H16F3N3O5S/c1-9(31(28,29)12-6-4-11(5-7-12)18(27)30-3)13-8-14-16(23-10(2)24-17(14)26)25-15(13)19(20,21)22/h4-9H,1-3H3,(H,23,24,25,26)/t9-/m0/s1.